The summed E-state index contributed by atoms with van der Waals surface area (Å²) in [7, 11) is 2.10. The lowest BCUT2D eigenvalue weighted by molar-refractivity contribution is 0.0664. The third-order valence-corrected chi connectivity index (χ3v) is 7.89. The Morgan fingerprint density at radius 1 is 1.11 bits per heavy atom. The maximum Gasteiger partial charge on any atom is 0.256 e. The van der Waals surface area contributed by atoms with Crippen molar-refractivity contribution in [1.82, 2.24) is 14.8 Å². The van der Waals surface area contributed by atoms with E-state index >= 15 is 0 Å². The van der Waals surface area contributed by atoms with Crippen LogP contribution in [0.1, 0.15) is 42.1 Å². The van der Waals surface area contributed by atoms with Crippen LogP contribution in [0.5, 0.6) is 0 Å². The first kappa shape index (κ1) is 23.6. The van der Waals surface area contributed by atoms with Crippen molar-refractivity contribution in [3.63, 3.8) is 0 Å². The lowest BCUT2D eigenvalue weighted by atomic mass is 9.44. The molecule has 3 aromatic rings. The van der Waals surface area contributed by atoms with Gasteiger partial charge in [-0.05, 0) is 37.1 Å². The van der Waals surface area contributed by atoms with Gasteiger partial charge in [-0.2, -0.15) is 5.26 Å². The number of benzene rings is 2. The Bertz CT molecular complexity index is 1280. The van der Waals surface area contributed by atoms with Gasteiger partial charge < -0.3 is 9.80 Å². The Morgan fingerprint density at radius 3 is 2.46 bits per heavy atom. The van der Waals surface area contributed by atoms with Gasteiger partial charge in [-0.3, -0.25) is 9.78 Å². The lowest BCUT2D eigenvalue weighted by Gasteiger charge is -2.33. The quantitative estimate of drug-likeness (QED) is 0.501. The molecule has 1 aliphatic heterocycles. The van der Waals surface area contributed by atoms with E-state index in [9.17, 15) is 10.1 Å². The number of hydrogen-bond acceptors (Lipinski definition) is 4. The second-order valence-electron chi connectivity index (χ2n) is 10.4. The maximum atomic E-state index is 13.8. The largest absolute Gasteiger partial charge is 0.336 e. The Hall–Kier alpha value is -3.17. The molecule has 1 aromatic heterocycles. The van der Waals surface area contributed by atoms with E-state index in [0.717, 1.165) is 79.4 Å². The van der Waals surface area contributed by atoms with Crippen molar-refractivity contribution >= 4 is 29.0 Å². The van der Waals surface area contributed by atoms with Crippen LogP contribution in [-0.4, -0.2) is 60.6 Å². The average Bonchev–Trinajstić information content (AvgIpc) is 3.69. The van der Waals surface area contributed by atoms with Gasteiger partial charge in [0.05, 0.1) is 22.6 Å². The van der Waals surface area contributed by atoms with E-state index in [4.69, 9.17) is 4.98 Å². The number of rotatable bonds is 6. The SMILES string of the molecule is CCCB(C)c1ccc2ncc(C(=O)N3CCN(C)CC3)c(-c3ccc(C4(C#N)CC4)cc3)c2c1. The third kappa shape index (κ3) is 4.46. The highest BCUT2D eigenvalue weighted by atomic mass is 16.2. The molecule has 1 amide bonds. The van der Waals surface area contributed by atoms with E-state index < -0.39 is 0 Å². The summed E-state index contributed by atoms with van der Waals surface area (Å²) in [5.41, 5.74) is 5.57. The van der Waals surface area contributed by atoms with Crippen LogP contribution in [0.4, 0.5) is 0 Å². The lowest BCUT2D eigenvalue weighted by Crippen LogP contribution is -2.47. The summed E-state index contributed by atoms with van der Waals surface area (Å²) in [6, 6.07) is 17.3. The zero-order valence-corrected chi connectivity index (χ0v) is 21.1. The van der Waals surface area contributed by atoms with Gasteiger partial charge in [-0.15, -0.1) is 0 Å². The third-order valence-electron chi connectivity index (χ3n) is 7.89. The fourth-order valence-corrected chi connectivity index (χ4v) is 5.32. The summed E-state index contributed by atoms with van der Waals surface area (Å²) in [5.74, 6) is 0.0503. The molecule has 6 heteroatoms. The minimum Gasteiger partial charge on any atom is -0.336 e. The number of hydrogen-bond donors (Lipinski definition) is 0. The summed E-state index contributed by atoms with van der Waals surface area (Å²) in [4.78, 5) is 22.7. The summed E-state index contributed by atoms with van der Waals surface area (Å²) >= 11 is 0. The number of likely N-dealkylation sites (N-methyl/N-ethyl adjacent to an activating group) is 1. The van der Waals surface area contributed by atoms with E-state index in [1.807, 2.05) is 4.90 Å². The summed E-state index contributed by atoms with van der Waals surface area (Å²) in [5, 5.41) is 10.7. The number of amides is 1. The van der Waals surface area contributed by atoms with Crippen molar-refractivity contribution in [2.45, 2.75) is 44.7 Å². The minimum absolute atomic E-state index is 0.0503. The standard InChI is InChI=1S/C29H33BN4O/c1-4-13-30(2)23-9-10-26-24(18-23)27(21-5-7-22(8-6-21)29(20-31)11-12-29)25(19-32-26)28(35)34-16-14-33(3)15-17-34/h5-10,18-19H,4,11-17H2,1-3H3. The maximum absolute atomic E-state index is 13.8. The van der Waals surface area contributed by atoms with Crippen molar-refractivity contribution in [1.29, 1.82) is 5.26 Å². The van der Waals surface area contributed by atoms with Crippen molar-refractivity contribution in [3.05, 3.63) is 59.8 Å². The Labute approximate surface area is 208 Å². The Balaban J connectivity index is 1.64. The van der Waals surface area contributed by atoms with Gasteiger partial charge in [0.2, 0.25) is 0 Å². The molecule has 1 saturated carbocycles. The highest BCUT2D eigenvalue weighted by molar-refractivity contribution is 6.72. The van der Waals surface area contributed by atoms with E-state index in [1.165, 1.54) is 5.46 Å². The minimum atomic E-state index is -0.319. The van der Waals surface area contributed by atoms with Gasteiger partial charge in [0.15, 0.2) is 6.71 Å². The smallest absolute Gasteiger partial charge is 0.256 e. The first-order valence-electron chi connectivity index (χ1n) is 12.9. The molecule has 2 heterocycles. The van der Waals surface area contributed by atoms with Crippen molar-refractivity contribution < 1.29 is 4.79 Å². The zero-order valence-electron chi connectivity index (χ0n) is 21.1. The van der Waals surface area contributed by atoms with E-state index in [2.05, 4.69) is 74.2 Å². The Morgan fingerprint density at radius 2 is 1.83 bits per heavy atom. The molecule has 5 rings (SSSR count). The number of pyridine rings is 1. The topological polar surface area (TPSA) is 60.2 Å². The number of nitrogens with zero attached hydrogens (tertiary/aromatic N) is 4. The molecule has 178 valence electrons. The van der Waals surface area contributed by atoms with Crippen LogP contribution >= 0.6 is 0 Å². The van der Waals surface area contributed by atoms with Gasteiger partial charge in [-0.25, -0.2) is 0 Å². The molecule has 2 fully saturated rings. The van der Waals surface area contributed by atoms with Crippen LogP contribution in [0.2, 0.25) is 13.1 Å². The van der Waals surface area contributed by atoms with Crippen LogP contribution in [0.3, 0.4) is 0 Å². The van der Waals surface area contributed by atoms with Gasteiger partial charge in [0.1, 0.15) is 0 Å². The fourth-order valence-electron chi connectivity index (χ4n) is 5.32. The number of carbonyl (C=O) groups excluding carboxylic acids is 1. The molecule has 1 saturated heterocycles. The molecule has 2 aromatic carbocycles. The Kier molecular flexibility index (Phi) is 6.38. The molecule has 0 spiro atoms. The summed E-state index contributed by atoms with van der Waals surface area (Å²) < 4.78 is 0. The van der Waals surface area contributed by atoms with Crippen molar-refractivity contribution in [3.8, 4) is 17.2 Å². The van der Waals surface area contributed by atoms with E-state index in [0.29, 0.717) is 12.3 Å². The zero-order chi connectivity index (χ0) is 24.6. The van der Waals surface area contributed by atoms with E-state index in [-0.39, 0.29) is 11.3 Å². The molecule has 2 aliphatic rings. The summed E-state index contributed by atoms with van der Waals surface area (Å²) in [6.07, 6.45) is 5.87. The van der Waals surface area contributed by atoms with Gasteiger partial charge in [0.25, 0.3) is 5.91 Å². The highest BCUT2D eigenvalue weighted by Crippen LogP contribution is 2.48. The molecule has 0 radical (unpaired) electrons. The first-order chi connectivity index (χ1) is 17.0. The second-order valence-corrected chi connectivity index (χ2v) is 10.4. The molecule has 0 atom stereocenters. The van der Waals surface area contributed by atoms with Crippen LogP contribution < -0.4 is 5.46 Å². The predicted octanol–water partition coefficient (Wildman–Crippen LogP) is 4.59. The number of piperazine rings is 1. The van der Waals surface area contributed by atoms with Crippen LogP contribution in [0, 0.1) is 11.3 Å². The first-order valence-corrected chi connectivity index (χ1v) is 12.9. The van der Waals surface area contributed by atoms with Crippen molar-refractivity contribution in [2.75, 3.05) is 33.2 Å². The van der Waals surface area contributed by atoms with Crippen LogP contribution in [0.15, 0.2) is 48.7 Å². The molecule has 0 N–H and O–H groups in total. The van der Waals surface area contributed by atoms with Crippen molar-refractivity contribution in [2.24, 2.45) is 0 Å². The summed E-state index contributed by atoms with van der Waals surface area (Å²) in [6.45, 7) is 8.14. The predicted molar refractivity (Wildman–Crippen MR) is 143 cm³/mol. The fraction of sp³-hybridized carbons (Fsp3) is 0.414. The molecule has 0 unspecified atom stereocenters. The molecular formula is C29H33BN4O. The highest BCUT2D eigenvalue weighted by Gasteiger charge is 2.44. The molecule has 0 bridgehead atoms. The molecular weight excluding hydrogens is 431 g/mol. The van der Waals surface area contributed by atoms with Gasteiger partial charge >= 0.3 is 0 Å². The monoisotopic (exact) mass is 464 g/mol. The number of aromatic nitrogens is 1. The van der Waals surface area contributed by atoms with Gasteiger partial charge in [-0.1, -0.05) is 68.3 Å². The van der Waals surface area contributed by atoms with Crippen LogP contribution in [-0.2, 0) is 5.41 Å². The molecule has 1 aliphatic carbocycles. The number of fused-ring (bicyclic) bond motifs is 1. The normalized spacial score (nSPS) is 17.3. The van der Waals surface area contributed by atoms with Crippen LogP contribution in [0.25, 0.3) is 22.0 Å². The second kappa shape index (κ2) is 9.47. The molecule has 35 heavy (non-hydrogen) atoms. The van der Waals surface area contributed by atoms with E-state index in [1.54, 1.807) is 6.20 Å². The average molecular weight is 464 g/mol. The molecule has 5 nitrogen and oxygen atoms in total. The van der Waals surface area contributed by atoms with Gasteiger partial charge in [0, 0.05) is 43.3 Å². The number of nitriles is 1. The number of carbonyl (C=O) groups is 1.